The number of para-hydroxylation sites is 1. The average Bonchev–Trinajstić information content (AvgIpc) is 2.98. The molecule has 26 heavy (non-hydrogen) atoms. The second-order valence-electron chi connectivity index (χ2n) is 5.80. The fourth-order valence-corrected chi connectivity index (χ4v) is 7.01. The number of fused-ring (bicyclic) bond motifs is 1. The Kier molecular flexibility index (Phi) is 5.56. The quantitative estimate of drug-likeness (QED) is 0.754. The molecule has 2 heterocycles. The Hall–Kier alpha value is -1.62. The molecule has 11 heteroatoms. The zero-order valence-electron chi connectivity index (χ0n) is 13.4. The Balaban J connectivity index is 1.87. The molecule has 140 valence electrons. The predicted molar refractivity (Wildman–Crippen MR) is 98.6 cm³/mol. The molecule has 2 saturated heterocycles. The summed E-state index contributed by atoms with van der Waals surface area (Å²) in [6.07, 6.45) is 0. The fourth-order valence-electron chi connectivity index (χ4n) is 2.86. The van der Waals surface area contributed by atoms with E-state index in [1.54, 1.807) is 29.2 Å². The van der Waals surface area contributed by atoms with Crippen molar-refractivity contribution >= 4 is 55.9 Å². The highest BCUT2D eigenvalue weighted by Crippen LogP contribution is 2.42. The second kappa shape index (κ2) is 7.55. The van der Waals surface area contributed by atoms with Crippen LogP contribution in [-0.2, 0) is 24.2 Å². The van der Waals surface area contributed by atoms with Crippen LogP contribution in [0.3, 0.4) is 0 Å². The molecule has 0 radical (unpaired) electrons. The van der Waals surface area contributed by atoms with E-state index in [0.29, 0.717) is 15.9 Å². The van der Waals surface area contributed by atoms with Crippen molar-refractivity contribution in [1.29, 1.82) is 0 Å². The van der Waals surface area contributed by atoms with Crippen LogP contribution in [0, 0.1) is 0 Å². The Morgan fingerprint density at radius 3 is 2.73 bits per heavy atom. The van der Waals surface area contributed by atoms with Crippen LogP contribution in [0.5, 0.6) is 0 Å². The summed E-state index contributed by atoms with van der Waals surface area (Å²) in [6.45, 7) is -1.07. The third kappa shape index (κ3) is 4.20. The van der Waals surface area contributed by atoms with E-state index in [2.05, 4.69) is 4.99 Å². The predicted octanol–water partition coefficient (Wildman–Crippen LogP) is 1.04. The summed E-state index contributed by atoms with van der Waals surface area (Å²) in [5.74, 6) is -1.86. The summed E-state index contributed by atoms with van der Waals surface area (Å²) in [7, 11) is -3.17. The lowest BCUT2D eigenvalue weighted by atomic mass is 10.2. The smallest absolute Gasteiger partial charge is 0.329 e. The normalized spacial score (nSPS) is 25.4. The SMILES string of the molecule is O=C(O)COCC(=O)N=C1S[C@@H]2CS(=O)(=O)C[C@@H]2N1c1ccccc1Cl. The maximum Gasteiger partial charge on any atom is 0.329 e. The minimum atomic E-state index is -3.17. The molecule has 0 bridgehead atoms. The number of anilines is 1. The standard InChI is InChI=1S/C15H15ClN2O6S2/c16-9-3-1-2-4-10(9)18-11-7-26(22,23)8-12(11)25-15(18)17-13(19)5-24-6-14(20)21/h1-4,11-12H,5-8H2,(H,20,21)/t11-,12+/m0/s1. The molecule has 2 atom stereocenters. The fraction of sp³-hybridized carbons (Fsp3) is 0.400. The zero-order valence-corrected chi connectivity index (χ0v) is 15.8. The van der Waals surface area contributed by atoms with E-state index in [1.165, 1.54) is 11.8 Å². The minimum absolute atomic E-state index is 0.00596. The van der Waals surface area contributed by atoms with Gasteiger partial charge < -0.3 is 14.7 Å². The largest absolute Gasteiger partial charge is 0.480 e. The summed E-state index contributed by atoms with van der Waals surface area (Å²) in [6, 6.07) is 6.55. The summed E-state index contributed by atoms with van der Waals surface area (Å²) in [4.78, 5) is 28.1. The van der Waals surface area contributed by atoms with Crippen LogP contribution in [0.1, 0.15) is 0 Å². The van der Waals surface area contributed by atoms with E-state index in [4.69, 9.17) is 21.4 Å². The van der Waals surface area contributed by atoms with Gasteiger partial charge in [0.05, 0.1) is 28.3 Å². The van der Waals surface area contributed by atoms with Gasteiger partial charge in [-0.3, -0.25) is 4.79 Å². The lowest BCUT2D eigenvalue weighted by molar-refractivity contribution is -0.143. The summed E-state index contributed by atoms with van der Waals surface area (Å²) >= 11 is 7.46. The van der Waals surface area contributed by atoms with E-state index >= 15 is 0 Å². The van der Waals surface area contributed by atoms with Gasteiger partial charge in [-0.1, -0.05) is 35.5 Å². The van der Waals surface area contributed by atoms with Gasteiger partial charge in [0.1, 0.15) is 13.2 Å². The van der Waals surface area contributed by atoms with Gasteiger partial charge in [0.25, 0.3) is 5.91 Å². The van der Waals surface area contributed by atoms with E-state index in [9.17, 15) is 18.0 Å². The molecule has 0 spiro atoms. The van der Waals surface area contributed by atoms with Crippen LogP contribution in [0.15, 0.2) is 29.3 Å². The van der Waals surface area contributed by atoms with Crippen molar-refractivity contribution in [2.45, 2.75) is 11.3 Å². The number of aliphatic imine (C=N–C) groups is 1. The van der Waals surface area contributed by atoms with E-state index in [-0.39, 0.29) is 22.8 Å². The van der Waals surface area contributed by atoms with Crippen molar-refractivity contribution in [3.05, 3.63) is 29.3 Å². The third-order valence-corrected chi connectivity index (χ3v) is 7.38. The van der Waals surface area contributed by atoms with Crippen molar-refractivity contribution in [2.24, 2.45) is 4.99 Å². The van der Waals surface area contributed by atoms with Gasteiger partial charge in [-0.15, -0.1) is 0 Å². The lowest BCUT2D eigenvalue weighted by Crippen LogP contribution is -2.38. The summed E-state index contributed by atoms with van der Waals surface area (Å²) in [5.41, 5.74) is 0.573. The van der Waals surface area contributed by atoms with Crippen LogP contribution < -0.4 is 4.90 Å². The highest BCUT2D eigenvalue weighted by Gasteiger charge is 2.49. The van der Waals surface area contributed by atoms with Crippen molar-refractivity contribution in [2.75, 3.05) is 29.6 Å². The number of hydrogen-bond acceptors (Lipinski definition) is 6. The molecule has 0 saturated carbocycles. The number of amidine groups is 1. The number of ether oxygens (including phenoxy) is 1. The molecule has 1 amide bonds. The van der Waals surface area contributed by atoms with Crippen LogP contribution in [-0.4, -0.2) is 66.6 Å². The molecule has 0 aromatic heterocycles. The van der Waals surface area contributed by atoms with Gasteiger partial charge in [0, 0.05) is 5.25 Å². The Bertz CT molecular complexity index is 873. The first-order valence-corrected chi connectivity index (χ1v) is 10.7. The van der Waals surface area contributed by atoms with Crippen LogP contribution in [0.25, 0.3) is 0 Å². The zero-order chi connectivity index (χ0) is 18.9. The van der Waals surface area contributed by atoms with Crippen LogP contribution >= 0.6 is 23.4 Å². The van der Waals surface area contributed by atoms with Gasteiger partial charge in [-0.05, 0) is 12.1 Å². The molecule has 0 aliphatic carbocycles. The van der Waals surface area contributed by atoms with Crippen LogP contribution in [0.2, 0.25) is 5.02 Å². The van der Waals surface area contributed by atoms with Crippen molar-refractivity contribution in [3.8, 4) is 0 Å². The lowest BCUT2D eigenvalue weighted by Gasteiger charge is -2.25. The third-order valence-electron chi connectivity index (χ3n) is 3.85. The van der Waals surface area contributed by atoms with Crippen LogP contribution in [0.4, 0.5) is 5.69 Å². The number of amides is 1. The number of hydrogen-bond donors (Lipinski definition) is 1. The number of carbonyl (C=O) groups is 2. The highest BCUT2D eigenvalue weighted by molar-refractivity contribution is 8.16. The molecule has 1 aromatic rings. The first-order valence-electron chi connectivity index (χ1n) is 7.59. The number of benzene rings is 1. The maximum absolute atomic E-state index is 12.0. The van der Waals surface area contributed by atoms with E-state index < -0.39 is 34.9 Å². The molecule has 2 aliphatic rings. The molecule has 8 nitrogen and oxygen atoms in total. The van der Waals surface area contributed by atoms with Crippen molar-refractivity contribution < 1.29 is 27.9 Å². The van der Waals surface area contributed by atoms with Gasteiger partial charge in [0.15, 0.2) is 15.0 Å². The number of aliphatic carboxylic acids is 1. The highest BCUT2D eigenvalue weighted by atomic mass is 35.5. The number of thioether (sulfide) groups is 1. The topological polar surface area (TPSA) is 113 Å². The molecule has 1 aromatic carbocycles. The van der Waals surface area contributed by atoms with E-state index in [1.807, 2.05) is 0 Å². The molecule has 1 N–H and O–H groups in total. The molecular formula is C15H15ClN2O6S2. The number of carboxylic acid groups (broad SMARTS) is 1. The Labute approximate surface area is 159 Å². The number of halogens is 1. The minimum Gasteiger partial charge on any atom is -0.480 e. The second-order valence-corrected chi connectivity index (χ2v) is 9.56. The first kappa shape index (κ1) is 19.2. The maximum atomic E-state index is 12.0. The van der Waals surface area contributed by atoms with Crippen molar-refractivity contribution in [3.63, 3.8) is 0 Å². The van der Waals surface area contributed by atoms with Gasteiger partial charge in [-0.25, -0.2) is 13.2 Å². The Morgan fingerprint density at radius 2 is 2.04 bits per heavy atom. The van der Waals surface area contributed by atoms with Gasteiger partial charge in [0.2, 0.25) is 0 Å². The molecular weight excluding hydrogens is 404 g/mol. The Morgan fingerprint density at radius 1 is 1.31 bits per heavy atom. The summed E-state index contributed by atoms with van der Waals surface area (Å²) < 4.78 is 28.7. The average molecular weight is 419 g/mol. The molecule has 3 rings (SSSR count). The molecule has 2 aliphatic heterocycles. The summed E-state index contributed by atoms with van der Waals surface area (Å²) in [5, 5.41) is 9.04. The van der Waals surface area contributed by atoms with Gasteiger partial charge in [-0.2, -0.15) is 4.99 Å². The number of nitrogens with zero attached hydrogens (tertiary/aromatic N) is 2. The monoisotopic (exact) mass is 418 g/mol. The van der Waals surface area contributed by atoms with Crippen molar-refractivity contribution in [1.82, 2.24) is 0 Å². The number of sulfone groups is 1. The number of rotatable bonds is 5. The van der Waals surface area contributed by atoms with E-state index in [0.717, 1.165) is 0 Å². The first-order chi connectivity index (χ1) is 12.3. The number of carboxylic acids is 1. The van der Waals surface area contributed by atoms with Gasteiger partial charge >= 0.3 is 5.97 Å². The molecule has 2 fully saturated rings. The molecule has 0 unspecified atom stereocenters. The number of carbonyl (C=O) groups excluding carboxylic acids is 1.